The number of carbonyl (C=O) groups excluding carboxylic acids is 1. The molecule has 1 amide bonds. The summed E-state index contributed by atoms with van der Waals surface area (Å²) >= 11 is 1.18. The number of carboxylic acid groups (broad SMARTS) is 1. The van der Waals surface area contributed by atoms with Crippen LogP contribution in [-0.2, 0) is 9.59 Å². The Morgan fingerprint density at radius 2 is 2.12 bits per heavy atom. The average Bonchev–Trinajstić information content (AvgIpc) is 2.25. The third-order valence-corrected chi connectivity index (χ3v) is 2.57. The van der Waals surface area contributed by atoms with Crippen LogP contribution in [0.2, 0.25) is 0 Å². The van der Waals surface area contributed by atoms with Crippen LogP contribution >= 0.6 is 11.8 Å². The maximum atomic E-state index is 10.8. The lowest BCUT2D eigenvalue weighted by Gasteiger charge is -2.11. The molecule has 0 bridgehead atoms. The largest absolute Gasteiger partial charge is 0.480 e. The monoisotopic (exact) mass is 241 g/mol. The first-order valence-electron chi connectivity index (χ1n) is 4.49. The molecule has 16 heavy (non-hydrogen) atoms. The van der Waals surface area contributed by atoms with E-state index in [9.17, 15) is 9.59 Å². The van der Waals surface area contributed by atoms with Crippen LogP contribution in [0.4, 0.5) is 0 Å². The van der Waals surface area contributed by atoms with Gasteiger partial charge in [0.25, 0.3) is 0 Å². The Hall–Kier alpha value is -1.63. The van der Waals surface area contributed by atoms with Gasteiger partial charge in [-0.15, -0.1) is 0 Å². The van der Waals surface area contributed by atoms with Crippen molar-refractivity contribution >= 4 is 23.6 Å². The highest BCUT2D eigenvalue weighted by molar-refractivity contribution is 7.99. The molecule has 0 radical (unpaired) electrons. The van der Waals surface area contributed by atoms with Gasteiger partial charge in [-0.2, -0.15) is 0 Å². The molecule has 0 aromatic carbocycles. The van der Waals surface area contributed by atoms with Crippen LogP contribution in [0.25, 0.3) is 0 Å². The average molecular weight is 241 g/mol. The summed E-state index contributed by atoms with van der Waals surface area (Å²) in [6, 6.07) is 0.748. The molecule has 0 aliphatic heterocycles. The van der Waals surface area contributed by atoms with Gasteiger partial charge in [-0.1, -0.05) is 11.8 Å². The summed E-state index contributed by atoms with van der Waals surface area (Å²) in [6.45, 7) is 1.28. The Kier molecular flexibility index (Phi) is 4.71. The van der Waals surface area contributed by atoms with Gasteiger partial charge in [0.1, 0.15) is 6.04 Å². The third-order valence-electron chi connectivity index (χ3n) is 1.60. The molecule has 86 valence electrons. The Bertz CT molecular complexity index is 372. The van der Waals surface area contributed by atoms with Gasteiger partial charge >= 0.3 is 5.97 Å². The van der Waals surface area contributed by atoms with E-state index in [-0.39, 0.29) is 11.7 Å². The van der Waals surface area contributed by atoms with E-state index < -0.39 is 12.0 Å². The van der Waals surface area contributed by atoms with Crippen molar-refractivity contribution in [3.8, 4) is 0 Å². The summed E-state index contributed by atoms with van der Waals surface area (Å²) in [5.41, 5.74) is 0. The molecule has 0 unspecified atom stereocenters. The number of aliphatic carboxylic acids is 1. The topological polar surface area (TPSA) is 92.2 Å². The van der Waals surface area contributed by atoms with Gasteiger partial charge < -0.3 is 10.4 Å². The number of hydrogen-bond donors (Lipinski definition) is 2. The number of amides is 1. The minimum atomic E-state index is -1.07. The van der Waals surface area contributed by atoms with Gasteiger partial charge in [-0.05, 0) is 6.07 Å². The predicted molar refractivity (Wildman–Crippen MR) is 58.0 cm³/mol. The summed E-state index contributed by atoms with van der Waals surface area (Å²) in [4.78, 5) is 29.4. The smallest absolute Gasteiger partial charge is 0.327 e. The molecule has 1 heterocycles. The van der Waals surface area contributed by atoms with E-state index in [0.717, 1.165) is 0 Å². The molecule has 6 nitrogen and oxygen atoms in total. The number of nitrogens with zero attached hydrogens (tertiary/aromatic N) is 2. The minimum absolute atomic E-state index is 0.193. The second-order valence-electron chi connectivity index (χ2n) is 2.93. The number of hydrogen-bond acceptors (Lipinski definition) is 5. The summed E-state index contributed by atoms with van der Waals surface area (Å²) < 4.78 is 0. The maximum Gasteiger partial charge on any atom is 0.327 e. The number of aromatic nitrogens is 2. The molecule has 1 aromatic rings. The maximum absolute atomic E-state index is 10.8. The fourth-order valence-corrected chi connectivity index (χ4v) is 1.75. The van der Waals surface area contributed by atoms with Crippen LogP contribution in [0.5, 0.6) is 0 Å². The molecule has 1 atom stereocenters. The van der Waals surface area contributed by atoms with Crippen LogP contribution in [0, 0.1) is 0 Å². The predicted octanol–water partition coefficient (Wildman–Crippen LogP) is 0.158. The lowest BCUT2D eigenvalue weighted by atomic mass is 10.3. The highest BCUT2D eigenvalue weighted by Gasteiger charge is 2.18. The van der Waals surface area contributed by atoms with Crippen LogP contribution in [0.3, 0.4) is 0 Å². The number of rotatable bonds is 5. The van der Waals surface area contributed by atoms with Gasteiger partial charge in [0.2, 0.25) is 5.91 Å². The highest BCUT2D eigenvalue weighted by Crippen LogP contribution is 2.12. The first kappa shape index (κ1) is 12.4. The van der Waals surface area contributed by atoms with Crippen molar-refractivity contribution in [2.75, 3.05) is 5.75 Å². The Balaban J connectivity index is 2.50. The summed E-state index contributed by atoms with van der Waals surface area (Å²) in [6.07, 6.45) is 3.15. The quantitative estimate of drug-likeness (QED) is 0.563. The van der Waals surface area contributed by atoms with E-state index in [2.05, 4.69) is 15.3 Å². The van der Waals surface area contributed by atoms with E-state index in [1.54, 1.807) is 18.5 Å². The minimum Gasteiger partial charge on any atom is -0.480 e. The first-order chi connectivity index (χ1) is 7.59. The molecule has 2 N–H and O–H groups in total. The Morgan fingerprint density at radius 3 is 2.62 bits per heavy atom. The zero-order valence-corrected chi connectivity index (χ0v) is 9.40. The van der Waals surface area contributed by atoms with Gasteiger partial charge in [-0.25, -0.2) is 14.8 Å². The van der Waals surface area contributed by atoms with Crippen molar-refractivity contribution in [2.24, 2.45) is 0 Å². The summed E-state index contributed by atoms with van der Waals surface area (Å²) in [5.74, 6) is -1.25. The van der Waals surface area contributed by atoms with Crippen molar-refractivity contribution in [2.45, 2.75) is 18.1 Å². The molecule has 0 saturated heterocycles. The van der Waals surface area contributed by atoms with Crippen LogP contribution in [-0.4, -0.2) is 38.7 Å². The SMILES string of the molecule is CC(=O)N[C@@H](CSc1ncccn1)C(=O)O. The van der Waals surface area contributed by atoms with Crippen molar-refractivity contribution < 1.29 is 14.7 Å². The lowest BCUT2D eigenvalue weighted by molar-refractivity contribution is -0.140. The van der Waals surface area contributed by atoms with Gasteiger partial charge in [-0.3, -0.25) is 4.79 Å². The van der Waals surface area contributed by atoms with E-state index in [4.69, 9.17) is 5.11 Å². The Morgan fingerprint density at radius 1 is 1.50 bits per heavy atom. The summed E-state index contributed by atoms with van der Waals surface area (Å²) in [7, 11) is 0. The molecular weight excluding hydrogens is 230 g/mol. The van der Waals surface area contributed by atoms with Crippen LogP contribution in [0.15, 0.2) is 23.6 Å². The second kappa shape index (κ2) is 6.06. The van der Waals surface area contributed by atoms with Crippen molar-refractivity contribution in [1.82, 2.24) is 15.3 Å². The number of carboxylic acids is 1. The molecule has 0 fully saturated rings. The molecule has 0 saturated carbocycles. The zero-order chi connectivity index (χ0) is 12.0. The van der Waals surface area contributed by atoms with Gasteiger partial charge in [0.15, 0.2) is 5.16 Å². The molecule has 7 heteroatoms. The Labute approximate surface area is 96.5 Å². The van der Waals surface area contributed by atoms with E-state index in [1.807, 2.05) is 0 Å². The number of carbonyl (C=O) groups is 2. The van der Waals surface area contributed by atoms with Gasteiger partial charge in [0, 0.05) is 25.1 Å². The third kappa shape index (κ3) is 4.26. The second-order valence-corrected chi connectivity index (χ2v) is 3.92. The fraction of sp³-hybridized carbons (Fsp3) is 0.333. The van der Waals surface area contributed by atoms with E-state index >= 15 is 0 Å². The van der Waals surface area contributed by atoms with Crippen LogP contribution in [0.1, 0.15) is 6.92 Å². The van der Waals surface area contributed by atoms with E-state index in [0.29, 0.717) is 5.16 Å². The normalized spacial score (nSPS) is 11.8. The molecule has 0 aliphatic rings. The van der Waals surface area contributed by atoms with Crippen molar-refractivity contribution in [1.29, 1.82) is 0 Å². The molecule has 1 rings (SSSR count). The van der Waals surface area contributed by atoms with Crippen molar-refractivity contribution in [3.05, 3.63) is 18.5 Å². The number of nitrogens with one attached hydrogen (secondary N) is 1. The molecular formula is C9H11N3O3S. The standard InChI is InChI=1S/C9H11N3O3S/c1-6(13)12-7(8(14)15)5-16-9-10-3-2-4-11-9/h2-4,7H,5H2,1H3,(H,12,13)(H,14,15)/t7-/m0/s1. The molecule has 1 aromatic heterocycles. The number of thioether (sulfide) groups is 1. The van der Waals surface area contributed by atoms with Crippen LogP contribution < -0.4 is 5.32 Å². The van der Waals surface area contributed by atoms with Gasteiger partial charge in [0.05, 0.1) is 0 Å². The lowest BCUT2D eigenvalue weighted by Crippen LogP contribution is -2.41. The fourth-order valence-electron chi connectivity index (χ4n) is 0.938. The van der Waals surface area contributed by atoms with Crippen molar-refractivity contribution in [3.63, 3.8) is 0 Å². The first-order valence-corrected chi connectivity index (χ1v) is 5.48. The van der Waals surface area contributed by atoms with E-state index in [1.165, 1.54) is 18.7 Å². The molecule has 0 aliphatic carbocycles. The highest BCUT2D eigenvalue weighted by atomic mass is 32.2. The zero-order valence-electron chi connectivity index (χ0n) is 8.58. The molecule has 0 spiro atoms. The summed E-state index contributed by atoms with van der Waals surface area (Å²) in [5, 5.41) is 11.7.